The topological polar surface area (TPSA) is 122 Å². The number of ketones is 1. The summed E-state index contributed by atoms with van der Waals surface area (Å²) in [5.74, 6) is 1.53. The molecule has 3 aromatic rings. The predicted octanol–water partition coefficient (Wildman–Crippen LogP) is 4.83. The normalized spacial score (nSPS) is 20.4. The van der Waals surface area contributed by atoms with Crippen LogP contribution in [0, 0.1) is 5.92 Å². The lowest BCUT2D eigenvalue weighted by molar-refractivity contribution is -0.135. The van der Waals surface area contributed by atoms with Crippen molar-refractivity contribution < 1.29 is 24.2 Å². The van der Waals surface area contributed by atoms with Gasteiger partial charge >= 0.3 is 5.97 Å². The molecule has 4 N–H and O–H groups in total. The standard InChI is InChI=1S/C28H25BrN4O5/c29-21-11-25-24(37-14-38-25)10-20(21)28-18-3-1-2-17(18)19-9-16(5-6-22(19)32-28)23(34)8-15-4-7-26(30-12-15)33-31-13-27(35)36/h1-2,4-7,9-12,17-18,28,31-32H,3,8,13-14H2,(H,30,33)(H,35,36). The molecule has 0 spiro atoms. The second-order valence-corrected chi connectivity index (χ2v) is 10.4. The van der Waals surface area contributed by atoms with Crippen molar-refractivity contribution in [3.05, 3.63) is 87.5 Å². The molecular weight excluding hydrogens is 552 g/mol. The maximum absolute atomic E-state index is 13.2. The van der Waals surface area contributed by atoms with Crippen LogP contribution >= 0.6 is 15.9 Å². The maximum Gasteiger partial charge on any atom is 0.319 e. The Labute approximate surface area is 227 Å². The molecule has 6 rings (SSSR count). The number of carboxylic acid groups (broad SMARTS) is 1. The fraction of sp³-hybridized carbons (Fsp3) is 0.250. The highest BCUT2D eigenvalue weighted by atomic mass is 79.9. The number of aliphatic carboxylic acids is 1. The number of anilines is 2. The number of benzene rings is 2. The molecule has 2 aliphatic heterocycles. The number of hydrogen-bond acceptors (Lipinski definition) is 8. The van der Waals surface area contributed by atoms with Crippen molar-refractivity contribution in [2.45, 2.75) is 24.8 Å². The summed E-state index contributed by atoms with van der Waals surface area (Å²) in [6.07, 6.45) is 7.25. The summed E-state index contributed by atoms with van der Waals surface area (Å²) >= 11 is 3.73. The lowest BCUT2D eigenvalue weighted by atomic mass is 9.76. The summed E-state index contributed by atoms with van der Waals surface area (Å²) in [5, 5.41) is 12.4. The van der Waals surface area contributed by atoms with Gasteiger partial charge in [0.25, 0.3) is 0 Å². The zero-order chi connectivity index (χ0) is 26.2. The van der Waals surface area contributed by atoms with Gasteiger partial charge in [-0.3, -0.25) is 9.59 Å². The molecule has 0 fully saturated rings. The third-order valence-corrected chi connectivity index (χ3v) is 7.84. The first-order valence-corrected chi connectivity index (χ1v) is 13.1. The molecule has 2 aromatic carbocycles. The lowest BCUT2D eigenvalue weighted by Gasteiger charge is -2.38. The summed E-state index contributed by atoms with van der Waals surface area (Å²) in [5.41, 5.74) is 10.00. The molecule has 10 heteroatoms. The van der Waals surface area contributed by atoms with Gasteiger partial charge in [-0.15, -0.1) is 0 Å². The first-order valence-electron chi connectivity index (χ1n) is 12.3. The molecule has 194 valence electrons. The largest absolute Gasteiger partial charge is 0.480 e. The van der Waals surface area contributed by atoms with E-state index in [0.29, 0.717) is 17.3 Å². The van der Waals surface area contributed by atoms with Gasteiger partial charge in [-0.1, -0.05) is 34.1 Å². The number of nitrogens with zero attached hydrogens (tertiary/aromatic N) is 1. The highest BCUT2D eigenvalue weighted by Gasteiger charge is 2.39. The van der Waals surface area contributed by atoms with Gasteiger partial charge in [0.2, 0.25) is 6.79 Å². The maximum atomic E-state index is 13.2. The number of allylic oxidation sites excluding steroid dienone is 2. The van der Waals surface area contributed by atoms with Gasteiger partial charge in [-0.2, -0.15) is 0 Å². The minimum Gasteiger partial charge on any atom is -0.480 e. The third kappa shape index (κ3) is 4.72. The number of Topliss-reactive ketones (excluding diaryl/α,β-unsaturated/α-hetero) is 1. The number of carbonyl (C=O) groups is 2. The number of fused-ring (bicyclic) bond motifs is 4. The first-order chi connectivity index (χ1) is 18.5. The smallest absolute Gasteiger partial charge is 0.319 e. The van der Waals surface area contributed by atoms with Crippen molar-refractivity contribution >= 4 is 39.2 Å². The van der Waals surface area contributed by atoms with Crippen LogP contribution in [0.15, 0.2) is 65.3 Å². The van der Waals surface area contributed by atoms with E-state index in [2.05, 4.69) is 55.3 Å². The fourth-order valence-electron chi connectivity index (χ4n) is 5.35. The predicted molar refractivity (Wildman–Crippen MR) is 145 cm³/mol. The summed E-state index contributed by atoms with van der Waals surface area (Å²) < 4.78 is 12.1. The van der Waals surface area contributed by atoms with Crippen molar-refractivity contribution in [1.29, 1.82) is 0 Å². The molecule has 9 nitrogen and oxygen atoms in total. The molecule has 1 aliphatic carbocycles. The van der Waals surface area contributed by atoms with Crippen LogP contribution in [0.1, 0.15) is 45.4 Å². The number of carboxylic acids is 1. The lowest BCUT2D eigenvalue weighted by Crippen LogP contribution is -2.29. The molecule has 0 bridgehead atoms. The van der Waals surface area contributed by atoms with Crippen molar-refractivity contribution in [3.8, 4) is 11.5 Å². The van der Waals surface area contributed by atoms with E-state index in [1.165, 1.54) is 0 Å². The van der Waals surface area contributed by atoms with E-state index in [0.717, 1.165) is 44.8 Å². The Hall–Kier alpha value is -3.89. The molecule has 3 heterocycles. The molecule has 3 atom stereocenters. The van der Waals surface area contributed by atoms with Gasteiger partial charge < -0.3 is 25.3 Å². The van der Waals surface area contributed by atoms with Gasteiger partial charge in [0.05, 0.1) is 6.04 Å². The van der Waals surface area contributed by atoms with Crippen LogP contribution in [0.25, 0.3) is 0 Å². The van der Waals surface area contributed by atoms with Crippen molar-refractivity contribution in [2.75, 3.05) is 24.1 Å². The highest BCUT2D eigenvalue weighted by molar-refractivity contribution is 9.10. The molecule has 0 saturated carbocycles. The number of rotatable bonds is 8. The van der Waals surface area contributed by atoms with E-state index in [1.54, 1.807) is 18.3 Å². The Bertz CT molecular complexity index is 1440. The number of aromatic nitrogens is 1. The van der Waals surface area contributed by atoms with E-state index < -0.39 is 5.97 Å². The van der Waals surface area contributed by atoms with E-state index in [9.17, 15) is 9.59 Å². The molecule has 1 aromatic heterocycles. The zero-order valence-corrected chi connectivity index (χ0v) is 21.8. The Morgan fingerprint density at radius 3 is 2.74 bits per heavy atom. The average Bonchev–Trinajstić information content (AvgIpc) is 3.58. The number of ether oxygens (including phenoxy) is 2. The minimum atomic E-state index is -0.976. The Morgan fingerprint density at radius 2 is 1.95 bits per heavy atom. The third-order valence-electron chi connectivity index (χ3n) is 7.16. The van der Waals surface area contributed by atoms with Crippen LogP contribution in [-0.4, -0.2) is 35.2 Å². The Kier molecular flexibility index (Phi) is 6.50. The quantitative estimate of drug-likeness (QED) is 0.170. The number of halogens is 1. The summed E-state index contributed by atoms with van der Waals surface area (Å²) in [4.78, 5) is 28.0. The average molecular weight is 577 g/mol. The molecule has 3 unspecified atom stereocenters. The second-order valence-electron chi connectivity index (χ2n) is 9.53. The van der Waals surface area contributed by atoms with Gasteiger partial charge in [0.15, 0.2) is 17.3 Å². The van der Waals surface area contributed by atoms with Gasteiger partial charge in [-0.05, 0) is 65.4 Å². The molecule has 38 heavy (non-hydrogen) atoms. The Balaban J connectivity index is 1.19. The van der Waals surface area contributed by atoms with Crippen LogP contribution in [-0.2, 0) is 11.2 Å². The molecule has 3 aliphatic rings. The number of pyridine rings is 1. The molecule has 0 radical (unpaired) electrons. The van der Waals surface area contributed by atoms with Crippen LogP contribution in [0.2, 0.25) is 0 Å². The molecule has 0 saturated heterocycles. The minimum absolute atomic E-state index is 0.0125. The Morgan fingerprint density at radius 1 is 1.11 bits per heavy atom. The van der Waals surface area contributed by atoms with Gasteiger partial charge in [0, 0.05) is 34.3 Å². The van der Waals surface area contributed by atoms with Crippen LogP contribution in [0.5, 0.6) is 11.5 Å². The summed E-state index contributed by atoms with van der Waals surface area (Å²) in [7, 11) is 0. The monoisotopic (exact) mass is 576 g/mol. The zero-order valence-electron chi connectivity index (χ0n) is 20.2. The summed E-state index contributed by atoms with van der Waals surface area (Å²) in [6.45, 7) is -0.00147. The number of nitrogens with one attached hydrogen (secondary N) is 3. The van der Waals surface area contributed by atoms with Crippen LogP contribution < -0.4 is 25.6 Å². The highest BCUT2D eigenvalue weighted by Crippen LogP contribution is 2.52. The van der Waals surface area contributed by atoms with E-state index in [-0.39, 0.29) is 37.5 Å². The van der Waals surface area contributed by atoms with Gasteiger partial charge in [-0.25, -0.2) is 10.4 Å². The fourth-order valence-corrected chi connectivity index (χ4v) is 5.92. The van der Waals surface area contributed by atoms with E-state index in [4.69, 9.17) is 14.6 Å². The van der Waals surface area contributed by atoms with Crippen LogP contribution in [0.4, 0.5) is 11.5 Å². The first kappa shape index (κ1) is 24.4. The van der Waals surface area contributed by atoms with E-state index >= 15 is 0 Å². The number of hydrogen-bond donors (Lipinski definition) is 4. The van der Waals surface area contributed by atoms with E-state index in [1.807, 2.05) is 24.3 Å². The van der Waals surface area contributed by atoms with Crippen molar-refractivity contribution in [1.82, 2.24) is 10.4 Å². The van der Waals surface area contributed by atoms with Crippen molar-refractivity contribution in [3.63, 3.8) is 0 Å². The molecule has 0 amide bonds. The molecular formula is C28H25BrN4O5. The number of hydrazine groups is 1. The number of carbonyl (C=O) groups excluding carboxylic acids is 1. The van der Waals surface area contributed by atoms with Gasteiger partial charge in [0.1, 0.15) is 12.4 Å². The van der Waals surface area contributed by atoms with Crippen LogP contribution in [0.3, 0.4) is 0 Å². The second kappa shape index (κ2) is 10.1. The summed E-state index contributed by atoms with van der Waals surface area (Å²) in [6, 6.07) is 13.5. The SMILES string of the molecule is O=C(O)CNNc1ccc(CC(=O)c2ccc3c(c2)C2C=CCC2C(c2cc4c(cc2Br)OCO4)N3)cn1. The van der Waals surface area contributed by atoms with Crippen molar-refractivity contribution in [2.24, 2.45) is 5.92 Å².